The second kappa shape index (κ2) is 17.0. The number of unbranched alkanes of at least 4 members (excludes halogenated alkanes) is 2. The minimum Gasteiger partial charge on any atom is -0.339 e. The topological polar surface area (TPSA) is 37.4 Å². The molecule has 0 radical (unpaired) electrons. The molecule has 0 aromatic heterocycles. The van der Waals surface area contributed by atoms with Crippen molar-refractivity contribution in [3.63, 3.8) is 0 Å². The SMILES string of the molecule is CCCCC.CCN(CC)C(=O)c1ccc(Cl)cc1Br.O=C(Cl)c1ccc(Cl)cc1Br. The van der Waals surface area contributed by atoms with Crippen LogP contribution in [0.2, 0.25) is 10.0 Å². The van der Waals surface area contributed by atoms with Crippen molar-refractivity contribution < 1.29 is 9.59 Å². The van der Waals surface area contributed by atoms with E-state index >= 15 is 0 Å². The van der Waals surface area contributed by atoms with Crippen LogP contribution in [0.15, 0.2) is 45.3 Å². The Morgan fingerprint density at radius 2 is 1.23 bits per heavy atom. The molecule has 0 aliphatic rings. The lowest BCUT2D eigenvalue weighted by molar-refractivity contribution is 0.0772. The van der Waals surface area contributed by atoms with E-state index in [9.17, 15) is 9.59 Å². The van der Waals surface area contributed by atoms with Crippen LogP contribution in [0, 0.1) is 0 Å². The number of benzene rings is 2. The molecule has 0 spiro atoms. The number of nitrogens with zero attached hydrogens (tertiary/aromatic N) is 1. The molecule has 31 heavy (non-hydrogen) atoms. The fraction of sp³-hybridized carbons (Fsp3) is 0.391. The smallest absolute Gasteiger partial charge is 0.254 e. The van der Waals surface area contributed by atoms with Crippen LogP contribution in [0.4, 0.5) is 0 Å². The number of hydrogen-bond donors (Lipinski definition) is 0. The lowest BCUT2D eigenvalue weighted by Crippen LogP contribution is -2.30. The standard InChI is InChI=1S/C11H13BrClNO.C7H3BrCl2O.C5H12/c1-3-14(4-2)11(15)9-6-5-8(13)7-10(9)12;8-6-3-4(9)1-2-5(6)7(10)11;1-3-5-4-2/h5-7H,3-4H2,1-2H3;1-3H;3-5H2,1-2H3. The predicted octanol–water partition coefficient (Wildman–Crippen LogP) is 9.26. The Balaban J connectivity index is 0.000000492. The Bertz CT molecular complexity index is 842. The zero-order chi connectivity index (χ0) is 24.0. The molecule has 0 atom stereocenters. The third kappa shape index (κ3) is 11.7. The molecule has 0 saturated heterocycles. The Morgan fingerprint density at radius 3 is 1.52 bits per heavy atom. The highest BCUT2D eigenvalue weighted by Gasteiger charge is 2.15. The van der Waals surface area contributed by atoms with Gasteiger partial charge in [0.15, 0.2) is 0 Å². The van der Waals surface area contributed by atoms with Crippen LogP contribution < -0.4 is 0 Å². The van der Waals surface area contributed by atoms with Gasteiger partial charge in [-0.3, -0.25) is 9.59 Å². The van der Waals surface area contributed by atoms with Crippen LogP contribution in [0.3, 0.4) is 0 Å². The summed E-state index contributed by atoms with van der Waals surface area (Å²) in [4.78, 5) is 24.4. The Hall–Kier alpha value is -0.590. The third-order valence-electron chi connectivity index (χ3n) is 4.06. The number of halogens is 5. The normalized spacial score (nSPS) is 9.71. The van der Waals surface area contributed by atoms with E-state index in [0.717, 1.165) is 4.47 Å². The summed E-state index contributed by atoms with van der Waals surface area (Å²) in [7, 11) is 0. The van der Waals surface area contributed by atoms with Crippen molar-refractivity contribution >= 4 is 77.8 Å². The van der Waals surface area contributed by atoms with E-state index in [1.165, 1.54) is 19.3 Å². The van der Waals surface area contributed by atoms with E-state index in [-0.39, 0.29) is 5.91 Å². The van der Waals surface area contributed by atoms with Crippen molar-refractivity contribution in [2.75, 3.05) is 13.1 Å². The number of rotatable bonds is 6. The van der Waals surface area contributed by atoms with Crippen molar-refractivity contribution in [3.05, 3.63) is 66.5 Å². The average Bonchev–Trinajstić information content (AvgIpc) is 2.70. The Kier molecular flexibility index (Phi) is 16.6. The molecule has 172 valence electrons. The molecule has 1 amide bonds. The highest BCUT2D eigenvalue weighted by atomic mass is 79.9. The zero-order valence-corrected chi connectivity index (χ0v) is 23.6. The largest absolute Gasteiger partial charge is 0.339 e. The van der Waals surface area contributed by atoms with E-state index in [0.29, 0.717) is 38.7 Å². The molecule has 0 unspecified atom stereocenters. The molecule has 2 aromatic rings. The highest BCUT2D eigenvalue weighted by Crippen LogP contribution is 2.23. The molecule has 3 nitrogen and oxygen atoms in total. The summed E-state index contributed by atoms with van der Waals surface area (Å²) >= 11 is 23.2. The molecular weight excluding hydrogens is 588 g/mol. The van der Waals surface area contributed by atoms with E-state index in [2.05, 4.69) is 45.7 Å². The summed E-state index contributed by atoms with van der Waals surface area (Å²) in [5, 5.41) is 0.699. The fourth-order valence-corrected chi connectivity index (χ4v) is 4.34. The van der Waals surface area contributed by atoms with Gasteiger partial charge in [-0.25, -0.2) is 0 Å². The van der Waals surface area contributed by atoms with Crippen molar-refractivity contribution in [3.8, 4) is 0 Å². The van der Waals surface area contributed by atoms with Crippen molar-refractivity contribution in [1.29, 1.82) is 0 Å². The summed E-state index contributed by atoms with van der Waals surface area (Å²) in [5.74, 6) is 0.0311. The lowest BCUT2D eigenvalue weighted by Gasteiger charge is -2.19. The van der Waals surface area contributed by atoms with Gasteiger partial charge in [0.05, 0.1) is 5.56 Å². The number of carbonyl (C=O) groups is 2. The minimum absolute atomic E-state index is 0.0311. The number of hydrogen-bond acceptors (Lipinski definition) is 2. The second-order valence-electron chi connectivity index (χ2n) is 6.35. The maximum Gasteiger partial charge on any atom is 0.254 e. The van der Waals surface area contributed by atoms with Crippen LogP contribution in [-0.2, 0) is 0 Å². The first-order valence-electron chi connectivity index (χ1n) is 10.0. The van der Waals surface area contributed by atoms with Gasteiger partial charge >= 0.3 is 0 Å². The molecule has 2 rings (SSSR count). The van der Waals surface area contributed by atoms with Gasteiger partial charge in [-0.15, -0.1) is 0 Å². The highest BCUT2D eigenvalue weighted by molar-refractivity contribution is 9.10. The third-order valence-corrected chi connectivity index (χ3v) is 6.05. The van der Waals surface area contributed by atoms with Gasteiger partial charge in [0, 0.05) is 37.6 Å². The maximum absolute atomic E-state index is 12.0. The quantitative estimate of drug-likeness (QED) is 0.304. The summed E-state index contributed by atoms with van der Waals surface area (Å²) in [5.41, 5.74) is 1.08. The molecular formula is C23H28Br2Cl3NO2. The van der Waals surface area contributed by atoms with Crippen LogP contribution in [0.1, 0.15) is 67.7 Å². The van der Waals surface area contributed by atoms with Gasteiger partial charge in [-0.2, -0.15) is 0 Å². The van der Waals surface area contributed by atoms with Gasteiger partial charge in [-0.1, -0.05) is 56.3 Å². The monoisotopic (exact) mass is 613 g/mol. The summed E-state index contributed by atoms with van der Waals surface area (Å²) in [6.07, 6.45) is 4.08. The molecule has 0 aliphatic carbocycles. The number of amides is 1. The van der Waals surface area contributed by atoms with Gasteiger partial charge < -0.3 is 4.90 Å². The van der Waals surface area contributed by atoms with Crippen LogP contribution in [0.25, 0.3) is 0 Å². The molecule has 0 bridgehead atoms. The van der Waals surface area contributed by atoms with Gasteiger partial charge in [0.25, 0.3) is 11.1 Å². The first-order chi connectivity index (χ1) is 14.6. The Labute approximate surface area is 217 Å². The van der Waals surface area contributed by atoms with Crippen LogP contribution >= 0.6 is 66.7 Å². The van der Waals surface area contributed by atoms with E-state index in [1.54, 1.807) is 41.3 Å². The molecule has 0 N–H and O–H groups in total. The van der Waals surface area contributed by atoms with Gasteiger partial charge in [-0.05, 0) is 93.7 Å². The van der Waals surface area contributed by atoms with Crippen molar-refractivity contribution in [1.82, 2.24) is 4.90 Å². The fourth-order valence-electron chi connectivity index (χ4n) is 2.35. The molecule has 0 aliphatic heterocycles. The second-order valence-corrected chi connectivity index (χ2v) is 9.28. The van der Waals surface area contributed by atoms with Crippen molar-refractivity contribution in [2.24, 2.45) is 0 Å². The van der Waals surface area contributed by atoms with E-state index in [1.807, 2.05) is 13.8 Å². The van der Waals surface area contributed by atoms with Gasteiger partial charge in [0.1, 0.15) is 0 Å². The minimum atomic E-state index is -0.492. The lowest BCUT2D eigenvalue weighted by atomic mass is 10.2. The molecule has 2 aromatic carbocycles. The average molecular weight is 617 g/mol. The molecule has 0 heterocycles. The summed E-state index contributed by atoms with van der Waals surface area (Å²) < 4.78 is 1.36. The maximum atomic E-state index is 12.0. The first kappa shape index (κ1) is 30.4. The van der Waals surface area contributed by atoms with Crippen LogP contribution in [-0.4, -0.2) is 29.1 Å². The number of carbonyl (C=O) groups excluding carboxylic acids is 2. The zero-order valence-electron chi connectivity index (χ0n) is 18.2. The Morgan fingerprint density at radius 1 is 0.806 bits per heavy atom. The summed E-state index contributed by atoms with van der Waals surface area (Å²) in [6.45, 7) is 9.78. The van der Waals surface area contributed by atoms with Crippen LogP contribution in [0.5, 0.6) is 0 Å². The van der Waals surface area contributed by atoms with E-state index in [4.69, 9.17) is 34.8 Å². The summed E-state index contributed by atoms with van der Waals surface area (Å²) in [6, 6.07) is 10.0. The van der Waals surface area contributed by atoms with E-state index < -0.39 is 5.24 Å². The molecule has 0 saturated carbocycles. The molecule has 8 heteroatoms. The van der Waals surface area contributed by atoms with Gasteiger partial charge in [0.2, 0.25) is 0 Å². The van der Waals surface area contributed by atoms with Crippen molar-refractivity contribution in [2.45, 2.75) is 47.0 Å². The first-order valence-corrected chi connectivity index (χ1v) is 12.7. The molecule has 0 fully saturated rings. The predicted molar refractivity (Wildman–Crippen MR) is 141 cm³/mol.